The van der Waals surface area contributed by atoms with Gasteiger partial charge in [0.15, 0.2) is 12.2 Å². The van der Waals surface area contributed by atoms with E-state index in [2.05, 4.69) is 15.0 Å². The molecule has 0 spiro atoms. The lowest BCUT2D eigenvalue weighted by Crippen LogP contribution is -2.00. The molecule has 6 nitrogen and oxygen atoms in total. The number of anilines is 2. The van der Waals surface area contributed by atoms with Crippen LogP contribution >= 0.6 is 0 Å². The number of rotatable bonds is 2. The molecule has 0 atom stereocenters. The van der Waals surface area contributed by atoms with Crippen LogP contribution in [0.25, 0.3) is 22.5 Å². The first-order chi connectivity index (χ1) is 9.24. The second kappa shape index (κ2) is 4.41. The number of oxazole rings is 1. The highest BCUT2D eigenvalue weighted by atomic mass is 16.3. The van der Waals surface area contributed by atoms with Gasteiger partial charge in [0.05, 0.1) is 6.20 Å². The molecule has 0 radical (unpaired) electrons. The molecule has 1 aromatic carbocycles. The van der Waals surface area contributed by atoms with Crippen molar-refractivity contribution in [2.75, 3.05) is 11.5 Å². The predicted octanol–water partition coefficient (Wildman–Crippen LogP) is 1.96. The van der Waals surface area contributed by atoms with E-state index in [9.17, 15) is 0 Å². The number of benzene rings is 1. The minimum absolute atomic E-state index is 0.166. The highest BCUT2D eigenvalue weighted by molar-refractivity contribution is 5.75. The number of nitrogens with two attached hydrogens (primary N) is 2. The molecule has 0 bridgehead atoms. The topological polar surface area (TPSA) is 104 Å². The lowest BCUT2D eigenvalue weighted by molar-refractivity contribution is 0.572. The van der Waals surface area contributed by atoms with Crippen molar-refractivity contribution in [1.82, 2.24) is 15.0 Å². The van der Waals surface area contributed by atoms with Gasteiger partial charge >= 0.3 is 0 Å². The molecule has 0 aliphatic heterocycles. The van der Waals surface area contributed by atoms with E-state index < -0.39 is 0 Å². The predicted molar refractivity (Wildman–Crippen MR) is 71.8 cm³/mol. The Bertz CT molecular complexity index is 692. The van der Waals surface area contributed by atoms with Crippen LogP contribution in [0.3, 0.4) is 0 Å². The first-order valence-corrected chi connectivity index (χ1v) is 5.61. The number of nitrogen functional groups attached to an aromatic ring is 2. The lowest BCUT2D eigenvalue weighted by atomic mass is 10.1. The molecule has 0 saturated heterocycles. The summed E-state index contributed by atoms with van der Waals surface area (Å²) < 4.78 is 5.23. The molecule has 2 aromatic heterocycles. The molecular weight excluding hydrogens is 242 g/mol. The third-order valence-electron chi connectivity index (χ3n) is 2.75. The molecule has 3 aromatic rings. The van der Waals surface area contributed by atoms with Gasteiger partial charge in [-0.25, -0.2) is 9.97 Å². The fraction of sp³-hybridized carbons (Fsp3) is 0. The molecule has 19 heavy (non-hydrogen) atoms. The van der Waals surface area contributed by atoms with E-state index in [1.165, 1.54) is 6.39 Å². The van der Waals surface area contributed by atoms with Gasteiger partial charge in [-0.05, 0) is 5.56 Å². The summed E-state index contributed by atoms with van der Waals surface area (Å²) in [4.78, 5) is 11.8. The zero-order valence-corrected chi connectivity index (χ0v) is 9.95. The number of hydrogen-bond donors (Lipinski definition) is 2. The van der Waals surface area contributed by atoms with Crippen molar-refractivity contribution in [3.8, 4) is 22.5 Å². The van der Waals surface area contributed by atoms with Crippen LogP contribution in [0.5, 0.6) is 0 Å². The van der Waals surface area contributed by atoms with Gasteiger partial charge in [-0.3, -0.25) is 0 Å². The van der Waals surface area contributed by atoms with Crippen LogP contribution in [0.1, 0.15) is 0 Å². The number of hydrogen-bond acceptors (Lipinski definition) is 6. The zero-order chi connectivity index (χ0) is 13.2. The minimum atomic E-state index is 0.166. The molecule has 0 fully saturated rings. The SMILES string of the molecule is Nc1ncc(-c2ccc(-c3cnco3)cc2)c(N)n1. The zero-order valence-electron chi connectivity index (χ0n) is 9.95. The van der Waals surface area contributed by atoms with Crippen LogP contribution in [0.2, 0.25) is 0 Å². The van der Waals surface area contributed by atoms with E-state index in [0.717, 1.165) is 16.7 Å². The van der Waals surface area contributed by atoms with Gasteiger partial charge in [0.1, 0.15) is 5.82 Å². The van der Waals surface area contributed by atoms with Crippen LogP contribution in [-0.4, -0.2) is 15.0 Å². The largest absolute Gasteiger partial charge is 0.444 e. The van der Waals surface area contributed by atoms with E-state index in [0.29, 0.717) is 11.6 Å². The number of aromatic nitrogens is 3. The van der Waals surface area contributed by atoms with Gasteiger partial charge in [-0.1, -0.05) is 24.3 Å². The fourth-order valence-corrected chi connectivity index (χ4v) is 1.80. The Labute approximate surface area is 109 Å². The third kappa shape index (κ3) is 2.11. The van der Waals surface area contributed by atoms with E-state index in [1.54, 1.807) is 12.4 Å². The molecule has 2 heterocycles. The minimum Gasteiger partial charge on any atom is -0.444 e. The van der Waals surface area contributed by atoms with Crippen LogP contribution in [-0.2, 0) is 0 Å². The van der Waals surface area contributed by atoms with Gasteiger partial charge in [-0.15, -0.1) is 0 Å². The molecule has 0 saturated carbocycles. The first-order valence-electron chi connectivity index (χ1n) is 5.61. The molecule has 0 aliphatic rings. The van der Waals surface area contributed by atoms with E-state index in [4.69, 9.17) is 15.9 Å². The van der Waals surface area contributed by atoms with Gasteiger partial charge < -0.3 is 15.9 Å². The lowest BCUT2D eigenvalue weighted by Gasteiger charge is -2.05. The maximum Gasteiger partial charge on any atom is 0.221 e. The van der Waals surface area contributed by atoms with Crippen molar-refractivity contribution >= 4 is 11.8 Å². The van der Waals surface area contributed by atoms with E-state index in [-0.39, 0.29) is 5.95 Å². The maximum atomic E-state index is 5.83. The third-order valence-corrected chi connectivity index (χ3v) is 2.75. The Balaban J connectivity index is 1.98. The first kappa shape index (κ1) is 11.2. The number of nitrogens with zero attached hydrogens (tertiary/aromatic N) is 3. The van der Waals surface area contributed by atoms with Crippen LogP contribution in [0.15, 0.2) is 47.5 Å². The Hall–Kier alpha value is -2.89. The van der Waals surface area contributed by atoms with Crippen molar-refractivity contribution < 1.29 is 4.42 Å². The van der Waals surface area contributed by atoms with Crippen molar-refractivity contribution in [1.29, 1.82) is 0 Å². The Morgan fingerprint density at radius 3 is 2.32 bits per heavy atom. The van der Waals surface area contributed by atoms with Gasteiger partial charge in [0.25, 0.3) is 0 Å². The molecule has 0 aliphatic carbocycles. The summed E-state index contributed by atoms with van der Waals surface area (Å²) in [7, 11) is 0. The van der Waals surface area contributed by atoms with Crippen LogP contribution in [0, 0.1) is 0 Å². The molecule has 6 heteroatoms. The highest BCUT2D eigenvalue weighted by Crippen LogP contribution is 2.27. The van der Waals surface area contributed by atoms with Crippen molar-refractivity contribution in [3.05, 3.63) is 43.1 Å². The molecule has 94 valence electrons. The highest BCUT2D eigenvalue weighted by Gasteiger charge is 2.07. The van der Waals surface area contributed by atoms with E-state index >= 15 is 0 Å². The molecule has 0 unspecified atom stereocenters. The monoisotopic (exact) mass is 253 g/mol. The summed E-state index contributed by atoms with van der Waals surface area (Å²) >= 11 is 0. The average molecular weight is 253 g/mol. The molecule has 0 amide bonds. The van der Waals surface area contributed by atoms with E-state index in [1.807, 2.05) is 24.3 Å². The second-order valence-corrected chi connectivity index (χ2v) is 3.97. The van der Waals surface area contributed by atoms with Crippen molar-refractivity contribution in [2.24, 2.45) is 0 Å². The second-order valence-electron chi connectivity index (χ2n) is 3.97. The Kier molecular flexibility index (Phi) is 2.60. The fourth-order valence-electron chi connectivity index (χ4n) is 1.80. The maximum absolute atomic E-state index is 5.83. The Morgan fingerprint density at radius 1 is 0.947 bits per heavy atom. The van der Waals surface area contributed by atoms with Crippen LogP contribution < -0.4 is 11.5 Å². The summed E-state index contributed by atoms with van der Waals surface area (Å²) in [5.41, 5.74) is 13.9. The van der Waals surface area contributed by atoms with Crippen molar-refractivity contribution in [3.63, 3.8) is 0 Å². The van der Waals surface area contributed by atoms with Gasteiger partial charge in [-0.2, -0.15) is 4.98 Å². The summed E-state index contributed by atoms with van der Waals surface area (Å²) in [5, 5.41) is 0. The van der Waals surface area contributed by atoms with Crippen LogP contribution in [0.4, 0.5) is 11.8 Å². The molecule has 4 N–H and O–H groups in total. The summed E-state index contributed by atoms with van der Waals surface area (Å²) in [6, 6.07) is 7.68. The quantitative estimate of drug-likeness (QED) is 0.723. The van der Waals surface area contributed by atoms with Crippen molar-refractivity contribution in [2.45, 2.75) is 0 Å². The summed E-state index contributed by atoms with van der Waals surface area (Å²) in [6.45, 7) is 0. The summed E-state index contributed by atoms with van der Waals surface area (Å²) in [6.07, 6.45) is 4.67. The normalized spacial score (nSPS) is 10.5. The smallest absolute Gasteiger partial charge is 0.221 e. The summed E-state index contributed by atoms with van der Waals surface area (Å²) in [5.74, 6) is 1.24. The molecular formula is C13H11N5O. The molecule has 3 rings (SSSR count). The van der Waals surface area contributed by atoms with Gasteiger partial charge in [0, 0.05) is 17.3 Å². The standard InChI is InChI=1S/C13H11N5O/c14-12-10(5-17-13(15)18-12)8-1-3-9(4-2-8)11-6-16-7-19-11/h1-7H,(H4,14,15,17,18). The Morgan fingerprint density at radius 2 is 1.68 bits per heavy atom. The average Bonchev–Trinajstić information content (AvgIpc) is 2.93. The van der Waals surface area contributed by atoms with Gasteiger partial charge in [0.2, 0.25) is 5.95 Å².